The number of hydrogen-bond donors (Lipinski definition) is 4. The van der Waals surface area contributed by atoms with E-state index in [0.29, 0.717) is 4.88 Å². The molecule has 2 rings (SSSR count). The number of aromatic hydroxyl groups is 1. The third-order valence-corrected chi connectivity index (χ3v) is 3.49. The largest absolute Gasteiger partial charge is 0.507 e. The van der Waals surface area contributed by atoms with Gasteiger partial charge in [0, 0.05) is 0 Å². The second kappa shape index (κ2) is 7.23. The van der Waals surface area contributed by atoms with Crippen LogP contribution in [-0.4, -0.2) is 29.4 Å². The van der Waals surface area contributed by atoms with Crippen molar-refractivity contribution >= 4 is 29.1 Å². The zero-order chi connectivity index (χ0) is 15.9. The van der Waals surface area contributed by atoms with E-state index in [2.05, 4.69) is 16.2 Å². The van der Waals surface area contributed by atoms with E-state index in [0.717, 1.165) is 0 Å². The summed E-state index contributed by atoms with van der Waals surface area (Å²) in [4.78, 5) is 35.4. The Labute approximate surface area is 129 Å². The highest BCUT2D eigenvalue weighted by atomic mass is 32.1. The van der Waals surface area contributed by atoms with Gasteiger partial charge in [0.2, 0.25) is 0 Å². The number of amides is 3. The van der Waals surface area contributed by atoms with E-state index in [1.165, 1.54) is 23.5 Å². The number of hydrogen-bond acceptors (Lipinski definition) is 5. The first-order chi connectivity index (χ1) is 10.6. The average Bonchev–Trinajstić information content (AvgIpc) is 3.05. The molecule has 0 saturated carbocycles. The van der Waals surface area contributed by atoms with Gasteiger partial charge in [-0.25, -0.2) is 0 Å². The van der Waals surface area contributed by atoms with Crippen LogP contribution in [0.5, 0.6) is 5.75 Å². The lowest BCUT2D eigenvalue weighted by molar-refractivity contribution is -0.120. The molecule has 0 aliphatic heterocycles. The van der Waals surface area contributed by atoms with E-state index >= 15 is 0 Å². The Morgan fingerprint density at radius 1 is 1.00 bits per heavy atom. The molecule has 0 spiro atoms. The zero-order valence-corrected chi connectivity index (χ0v) is 12.1. The average molecular weight is 319 g/mol. The normalized spacial score (nSPS) is 9.82. The van der Waals surface area contributed by atoms with Crippen molar-refractivity contribution in [3.63, 3.8) is 0 Å². The minimum Gasteiger partial charge on any atom is -0.507 e. The van der Waals surface area contributed by atoms with E-state index in [4.69, 9.17) is 0 Å². The third-order valence-electron chi connectivity index (χ3n) is 2.62. The first-order valence-electron chi connectivity index (χ1n) is 6.27. The van der Waals surface area contributed by atoms with Crippen LogP contribution in [0.4, 0.5) is 0 Å². The van der Waals surface area contributed by atoms with E-state index in [-0.39, 0.29) is 23.8 Å². The van der Waals surface area contributed by atoms with Crippen LogP contribution in [0.1, 0.15) is 20.0 Å². The van der Waals surface area contributed by atoms with Gasteiger partial charge in [0.1, 0.15) is 5.75 Å². The van der Waals surface area contributed by atoms with Gasteiger partial charge in [-0.2, -0.15) is 0 Å². The SMILES string of the molecule is O=C(CNC(=O)c1cccs1)NNC(=O)c1ccccc1O. The van der Waals surface area contributed by atoms with Crippen molar-refractivity contribution in [3.05, 3.63) is 52.2 Å². The molecule has 1 heterocycles. The number of carbonyl (C=O) groups excluding carboxylic acids is 3. The second-order valence-corrected chi connectivity index (χ2v) is 5.13. The fraction of sp³-hybridized carbons (Fsp3) is 0.0714. The monoisotopic (exact) mass is 319 g/mol. The second-order valence-electron chi connectivity index (χ2n) is 4.18. The first kappa shape index (κ1) is 15.5. The maximum absolute atomic E-state index is 11.7. The van der Waals surface area contributed by atoms with E-state index in [1.807, 2.05) is 0 Å². The lowest BCUT2D eigenvalue weighted by atomic mass is 10.2. The molecule has 0 bridgehead atoms. The topological polar surface area (TPSA) is 108 Å². The summed E-state index contributed by atoms with van der Waals surface area (Å²) in [6.45, 7) is -0.280. The quantitative estimate of drug-likeness (QED) is 0.620. The van der Waals surface area contributed by atoms with Crippen LogP contribution in [0.2, 0.25) is 0 Å². The van der Waals surface area contributed by atoms with Crippen molar-refractivity contribution in [1.29, 1.82) is 0 Å². The summed E-state index contributed by atoms with van der Waals surface area (Å²) in [5, 5.41) is 13.7. The van der Waals surface area contributed by atoms with Crippen LogP contribution in [0.25, 0.3) is 0 Å². The van der Waals surface area contributed by atoms with Gasteiger partial charge in [-0.05, 0) is 23.6 Å². The summed E-state index contributed by atoms with van der Waals surface area (Å²) in [5.41, 5.74) is 4.33. The van der Waals surface area contributed by atoms with E-state index in [9.17, 15) is 19.5 Å². The van der Waals surface area contributed by atoms with Crippen LogP contribution < -0.4 is 16.2 Å². The van der Waals surface area contributed by atoms with Crippen LogP contribution in [-0.2, 0) is 4.79 Å². The van der Waals surface area contributed by atoms with Gasteiger partial charge >= 0.3 is 0 Å². The Morgan fingerprint density at radius 2 is 1.77 bits per heavy atom. The lowest BCUT2D eigenvalue weighted by Crippen LogP contribution is -2.46. The zero-order valence-electron chi connectivity index (χ0n) is 11.3. The van der Waals surface area contributed by atoms with Gasteiger partial charge in [-0.15, -0.1) is 11.3 Å². The molecule has 7 nitrogen and oxygen atoms in total. The highest BCUT2D eigenvalue weighted by molar-refractivity contribution is 7.12. The van der Waals surface area contributed by atoms with Gasteiger partial charge in [-0.3, -0.25) is 25.2 Å². The Morgan fingerprint density at radius 3 is 2.45 bits per heavy atom. The molecule has 0 unspecified atom stereocenters. The molecule has 114 valence electrons. The summed E-state index contributed by atoms with van der Waals surface area (Å²) in [5.74, 6) is -1.80. The van der Waals surface area contributed by atoms with Crippen molar-refractivity contribution in [3.8, 4) is 5.75 Å². The smallest absolute Gasteiger partial charge is 0.273 e. The molecule has 1 aromatic heterocycles. The summed E-state index contributed by atoms with van der Waals surface area (Å²) < 4.78 is 0. The Balaban J connectivity index is 1.77. The summed E-state index contributed by atoms with van der Waals surface area (Å²) in [6.07, 6.45) is 0. The highest BCUT2D eigenvalue weighted by Crippen LogP contribution is 2.14. The molecule has 4 N–H and O–H groups in total. The standard InChI is InChI=1S/C14H13N3O4S/c18-10-5-2-1-4-9(10)13(20)17-16-12(19)8-15-14(21)11-6-3-7-22-11/h1-7,18H,8H2,(H,15,21)(H,16,19)(H,17,20). The molecule has 0 aliphatic rings. The molecule has 2 aromatic rings. The molecule has 0 atom stereocenters. The van der Waals surface area contributed by atoms with Crippen LogP contribution in [0.3, 0.4) is 0 Å². The fourth-order valence-electron chi connectivity index (χ4n) is 1.56. The predicted octanol–water partition coefficient (Wildman–Crippen LogP) is 0.645. The Hall–Kier alpha value is -2.87. The van der Waals surface area contributed by atoms with Gasteiger partial charge in [0.15, 0.2) is 0 Å². The van der Waals surface area contributed by atoms with Crippen LogP contribution in [0.15, 0.2) is 41.8 Å². The number of benzene rings is 1. The van der Waals surface area contributed by atoms with E-state index < -0.39 is 11.8 Å². The molecule has 3 amide bonds. The van der Waals surface area contributed by atoms with Crippen molar-refractivity contribution in [2.45, 2.75) is 0 Å². The molecule has 22 heavy (non-hydrogen) atoms. The summed E-state index contributed by atoms with van der Waals surface area (Å²) >= 11 is 1.26. The summed E-state index contributed by atoms with van der Waals surface area (Å²) in [6, 6.07) is 9.29. The lowest BCUT2D eigenvalue weighted by Gasteiger charge is -2.08. The number of rotatable bonds is 4. The van der Waals surface area contributed by atoms with Crippen molar-refractivity contribution in [2.24, 2.45) is 0 Å². The fourth-order valence-corrected chi connectivity index (χ4v) is 2.20. The van der Waals surface area contributed by atoms with Gasteiger partial charge in [0.25, 0.3) is 17.7 Å². The van der Waals surface area contributed by atoms with Gasteiger partial charge in [-0.1, -0.05) is 18.2 Å². The molecule has 0 saturated heterocycles. The number of phenols is 1. The van der Waals surface area contributed by atoms with Crippen molar-refractivity contribution in [2.75, 3.05) is 6.54 Å². The minimum atomic E-state index is -0.656. The van der Waals surface area contributed by atoms with Gasteiger partial charge < -0.3 is 10.4 Å². The van der Waals surface area contributed by atoms with Gasteiger partial charge in [0.05, 0.1) is 17.0 Å². The van der Waals surface area contributed by atoms with Crippen LogP contribution >= 0.6 is 11.3 Å². The third kappa shape index (κ3) is 4.06. The number of para-hydroxylation sites is 1. The van der Waals surface area contributed by atoms with Crippen molar-refractivity contribution in [1.82, 2.24) is 16.2 Å². The first-order valence-corrected chi connectivity index (χ1v) is 7.15. The molecular formula is C14H13N3O4S. The number of carbonyl (C=O) groups is 3. The maximum atomic E-state index is 11.7. The molecule has 8 heteroatoms. The molecule has 1 aromatic carbocycles. The minimum absolute atomic E-state index is 0.0328. The Kier molecular flexibility index (Phi) is 5.10. The number of hydrazine groups is 1. The summed E-state index contributed by atoms with van der Waals surface area (Å²) in [7, 11) is 0. The molecular weight excluding hydrogens is 306 g/mol. The number of nitrogens with one attached hydrogen (secondary N) is 3. The molecule has 0 aliphatic carbocycles. The number of phenolic OH excluding ortho intramolecular Hbond substituents is 1. The highest BCUT2D eigenvalue weighted by Gasteiger charge is 2.12. The van der Waals surface area contributed by atoms with Crippen molar-refractivity contribution < 1.29 is 19.5 Å². The molecule has 0 fully saturated rings. The van der Waals surface area contributed by atoms with Crippen LogP contribution in [0, 0.1) is 0 Å². The number of thiophene rings is 1. The molecule has 0 radical (unpaired) electrons. The van der Waals surface area contributed by atoms with E-state index in [1.54, 1.807) is 29.6 Å². The predicted molar refractivity (Wildman–Crippen MR) is 80.4 cm³/mol. The maximum Gasteiger partial charge on any atom is 0.273 e. The Bertz CT molecular complexity index is 685.